The maximum absolute atomic E-state index is 14.3. The molecule has 0 aliphatic heterocycles. The first-order valence-electron chi connectivity index (χ1n) is 13.1. The van der Waals surface area contributed by atoms with Gasteiger partial charge in [0.05, 0.1) is 28.6 Å². The molecule has 1 unspecified atom stereocenters. The number of methoxy groups -OCH3 is 1. The Kier molecular flexibility index (Phi) is 8.45. The van der Waals surface area contributed by atoms with Gasteiger partial charge in [0.2, 0.25) is 5.82 Å². The molecule has 0 spiro atoms. The van der Waals surface area contributed by atoms with Crippen LogP contribution in [0.3, 0.4) is 0 Å². The largest absolute Gasteiger partial charge is 0.467 e. The maximum Gasteiger partial charge on any atom is 0.449 e. The van der Waals surface area contributed by atoms with Gasteiger partial charge in [-0.3, -0.25) is 9.36 Å². The lowest BCUT2D eigenvalue weighted by atomic mass is 10.00. The maximum atomic E-state index is 14.3. The topological polar surface area (TPSA) is 61.2 Å². The van der Waals surface area contributed by atoms with E-state index in [0.29, 0.717) is 16.7 Å². The summed E-state index contributed by atoms with van der Waals surface area (Å²) in [5, 5.41) is -0.399. The second-order valence-electron chi connectivity index (χ2n) is 9.98. The molecule has 1 aromatic heterocycles. The molecule has 0 radical (unpaired) electrons. The number of hydrogen-bond donors (Lipinski definition) is 0. The van der Waals surface area contributed by atoms with Crippen molar-refractivity contribution in [1.82, 2.24) is 9.55 Å². The van der Waals surface area contributed by atoms with Gasteiger partial charge in [-0.1, -0.05) is 60.1 Å². The highest BCUT2D eigenvalue weighted by molar-refractivity contribution is 6.31. The number of hydrogen-bond acceptors (Lipinski definition) is 4. The molecule has 0 fully saturated rings. The Morgan fingerprint density at radius 3 is 1.93 bits per heavy atom. The van der Waals surface area contributed by atoms with E-state index in [2.05, 4.69) is 4.98 Å². The van der Waals surface area contributed by atoms with Crippen LogP contribution in [0.25, 0.3) is 33.2 Å². The minimum absolute atomic E-state index is 0.105. The highest BCUT2D eigenvalue weighted by Crippen LogP contribution is 2.34. The predicted octanol–water partition coefficient (Wildman–Crippen LogP) is 8.52. The number of esters is 1. The molecule has 0 saturated heterocycles. The highest BCUT2D eigenvalue weighted by Gasteiger charge is 2.41. The summed E-state index contributed by atoms with van der Waals surface area (Å²) in [6, 6.07) is 16.2. The van der Waals surface area contributed by atoms with Crippen molar-refractivity contribution in [3.05, 3.63) is 123 Å². The van der Waals surface area contributed by atoms with E-state index in [-0.39, 0.29) is 31.6 Å². The molecule has 5 aromatic rings. The first-order valence-corrected chi connectivity index (χ1v) is 13.5. The Morgan fingerprint density at radius 1 is 0.822 bits per heavy atom. The smallest absolute Gasteiger partial charge is 0.449 e. The van der Waals surface area contributed by atoms with Crippen LogP contribution in [-0.2, 0) is 28.3 Å². The van der Waals surface area contributed by atoms with E-state index in [0.717, 1.165) is 25.3 Å². The van der Waals surface area contributed by atoms with Gasteiger partial charge in [-0.25, -0.2) is 14.2 Å². The fraction of sp³-hybridized carbons (Fsp3) is 0.156. The summed E-state index contributed by atoms with van der Waals surface area (Å²) < 4.78 is 101. The third kappa shape index (κ3) is 6.56. The Hall–Kier alpha value is -4.71. The zero-order valence-electron chi connectivity index (χ0n) is 23.0. The average Bonchev–Trinajstić information content (AvgIpc) is 3.00. The van der Waals surface area contributed by atoms with Crippen LogP contribution in [0.2, 0.25) is 5.02 Å². The first kappa shape index (κ1) is 31.7. The van der Waals surface area contributed by atoms with Crippen molar-refractivity contribution in [2.45, 2.75) is 24.8 Å². The van der Waals surface area contributed by atoms with Gasteiger partial charge in [0.25, 0.3) is 5.56 Å². The molecular formula is C32H20ClF7N2O3. The number of halogens is 8. The van der Waals surface area contributed by atoms with Crippen molar-refractivity contribution in [1.29, 1.82) is 0 Å². The van der Waals surface area contributed by atoms with Crippen LogP contribution in [0.4, 0.5) is 30.7 Å². The van der Waals surface area contributed by atoms with Gasteiger partial charge >= 0.3 is 18.3 Å². The molecule has 4 aromatic carbocycles. The number of aromatic nitrogens is 2. The highest BCUT2D eigenvalue weighted by atomic mass is 35.5. The third-order valence-corrected chi connectivity index (χ3v) is 7.41. The quantitative estimate of drug-likeness (QED) is 0.137. The van der Waals surface area contributed by atoms with Gasteiger partial charge in [-0.05, 0) is 64.2 Å². The first-order chi connectivity index (χ1) is 21.2. The lowest BCUT2D eigenvalue weighted by Crippen LogP contribution is -2.38. The van der Waals surface area contributed by atoms with Gasteiger partial charge in [-0.15, -0.1) is 0 Å². The van der Waals surface area contributed by atoms with Gasteiger partial charge in [0, 0.05) is 6.42 Å². The Morgan fingerprint density at radius 2 is 1.38 bits per heavy atom. The van der Waals surface area contributed by atoms with Gasteiger partial charge in [-0.2, -0.15) is 26.3 Å². The molecule has 0 bridgehead atoms. The van der Waals surface area contributed by atoms with E-state index in [1.165, 1.54) is 54.6 Å². The average molecular weight is 649 g/mol. The van der Waals surface area contributed by atoms with Crippen molar-refractivity contribution in [3.63, 3.8) is 0 Å². The molecule has 0 amide bonds. The Bertz CT molecular complexity index is 1950. The lowest BCUT2D eigenvalue weighted by Gasteiger charge is -2.23. The monoisotopic (exact) mass is 648 g/mol. The number of benzene rings is 4. The second-order valence-corrected chi connectivity index (χ2v) is 10.4. The number of alkyl halides is 6. The van der Waals surface area contributed by atoms with E-state index in [1.54, 1.807) is 12.1 Å². The van der Waals surface area contributed by atoms with Crippen LogP contribution in [0.15, 0.2) is 89.7 Å². The van der Waals surface area contributed by atoms with Crippen molar-refractivity contribution < 1.29 is 40.3 Å². The Labute approximate surface area is 255 Å². The number of nitrogens with zero attached hydrogens (tertiary/aromatic N) is 2. The van der Waals surface area contributed by atoms with Crippen molar-refractivity contribution in [2.24, 2.45) is 0 Å². The fourth-order valence-corrected chi connectivity index (χ4v) is 5.05. The molecule has 1 atom stereocenters. The molecule has 5 rings (SSSR count). The van der Waals surface area contributed by atoms with E-state index in [4.69, 9.17) is 16.3 Å². The van der Waals surface area contributed by atoms with Crippen molar-refractivity contribution in [2.75, 3.05) is 7.11 Å². The van der Waals surface area contributed by atoms with Crippen LogP contribution in [0.5, 0.6) is 0 Å². The van der Waals surface area contributed by atoms with Gasteiger partial charge in [0.15, 0.2) is 0 Å². The number of rotatable bonds is 6. The number of ether oxygens (including phenoxy) is 1. The van der Waals surface area contributed by atoms with Crippen molar-refractivity contribution in [3.8, 4) is 22.3 Å². The molecule has 232 valence electrons. The molecule has 1 heterocycles. The molecule has 0 aliphatic rings. The standard InChI is InChI=1S/C32H20ClF7N2O3/c1-45-29(44)27(14-17-2-4-18(5-3-17)21-8-12-25(34)24(33)16-21)42-28(43)23-15-20(9-13-26(23)41-30(42)32(38,39)40)19-6-10-22(11-7-19)31(35,36)37/h2-13,15-16,27H,14H2,1H3. The van der Waals surface area contributed by atoms with Crippen molar-refractivity contribution >= 4 is 28.5 Å². The van der Waals surface area contributed by atoms with E-state index in [9.17, 15) is 40.3 Å². The van der Waals surface area contributed by atoms with Gasteiger partial charge < -0.3 is 4.74 Å². The third-order valence-electron chi connectivity index (χ3n) is 7.12. The summed E-state index contributed by atoms with van der Waals surface area (Å²) in [6.07, 6.45) is -10.1. The zero-order valence-corrected chi connectivity index (χ0v) is 23.8. The normalized spacial score (nSPS) is 12.7. The van der Waals surface area contributed by atoms with E-state index >= 15 is 0 Å². The summed E-state index contributed by atoms with van der Waals surface area (Å²) in [6.45, 7) is 0. The summed E-state index contributed by atoms with van der Waals surface area (Å²) >= 11 is 5.86. The molecule has 0 saturated carbocycles. The van der Waals surface area contributed by atoms with Crippen LogP contribution in [0.1, 0.15) is 23.0 Å². The Balaban J connectivity index is 1.59. The number of carbonyl (C=O) groups is 1. The molecule has 0 N–H and O–H groups in total. The van der Waals surface area contributed by atoms with Crippen LogP contribution in [-0.4, -0.2) is 22.6 Å². The lowest BCUT2D eigenvalue weighted by molar-refractivity contribution is -0.153. The minimum atomic E-state index is -5.16. The summed E-state index contributed by atoms with van der Waals surface area (Å²) in [5.74, 6) is -3.38. The summed E-state index contributed by atoms with van der Waals surface area (Å²) in [7, 11) is 0.964. The van der Waals surface area contributed by atoms with Gasteiger partial charge in [0.1, 0.15) is 11.9 Å². The molecule has 45 heavy (non-hydrogen) atoms. The van der Waals surface area contributed by atoms with Crippen LogP contribution < -0.4 is 5.56 Å². The van der Waals surface area contributed by atoms with Crippen LogP contribution in [0, 0.1) is 5.82 Å². The second kappa shape index (κ2) is 12.0. The molecular weight excluding hydrogens is 629 g/mol. The van der Waals surface area contributed by atoms with E-state index < -0.39 is 53.5 Å². The minimum Gasteiger partial charge on any atom is -0.467 e. The van der Waals surface area contributed by atoms with Crippen LogP contribution >= 0.6 is 11.6 Å². The predicted molar refractivity (Wildman–Crippen MR) is 153 cm³/mol. The summed E-state index contributed by atoms with van der Waals surface area (Å²) in [4.78, 5) is 30.3. The SMILES string of the molecule is COC(=O)C(Cc1ccc(-c2ccc(F)c(Cl)c2)cc1)n1c(C(F)(F)F)nc2ccc(-c3ccc(C(F)(F)F)cc3)cc2c1=O. The number of fused-ring (bicyclic) bond motifs is 1. The van der Waals surface area contributed by atoms with E-state index in [1.807, 2.05) is 0 Å². The zero-order chi connectivity index (χ0) is 32.7. The molecule has 0 aliphatic carbocycles. The molecule has 5 nitrogen and oxygen atoms in total. The number of carbonyl (C=O) groups excluding carboxylic acids is 1. The fourth-order valence-electron chi connectivity index (χ4n) is 4.87. The summed E-state index contributed by atoms with van der Waals surface area (Å²) in [5.41, 5.74) is -0.390. The molecule has 13 heteroatoms.